The lowest BCUT2D eigenvalue weighted by molar-refractivity contribution is -0.131. The van der Waals surface area contributed by atoms with E-state index in [2.05, 4.69) is 35.2 Å². The summed E-state index contributed by atoms with van der Waals surface area (Å²) in [5, 5.41) is 0. The van der Waals surface area contributed by atoms with Crippen LogP contribution >= 0.6 is 0 Å². The second-order valence-corrected chi connectivity index (χ2v) is 8.33. The molecule has 1 aliphatic rings. The first kappa shape index (κ1) is 21.2. The Morgan fingerprint density at radius 3 is 2.45 bits per heavy atom. The summed E-state index contributed by atoms with van der Waals surface area (Å²) in [4.78, 5) is 18.7. The Morgan fingerprint density at radius 2 is 1.73 bits per heavy atom. The zero-order valence-electron chi connectivity index (χ0n) is 18.6. The number of benzene rings is 3. The van der Waals surface area contributed by atoms with Crippen molar-refractivity contribution >= 4 is 5.97 Å². The van der Waals surface area contributed by atoms with Crippen molar-refractivity contribution in [3.63, 3.8) is 0 Å². The Hall–Kier alpha value is -3.70. The van der Waals surface area contributed by atoms with Crippen molar-refractivity contribution < 1.29 is 13.9 Å². The average Bonchev–Trinajstić information content (AvgIpc) is 3.47. The molecular weight excluding hydrogens is 412 g/mol. The summed E-state index contributed by atoms with van der Waals surface area (Å²) in [6, 6.07) is 28.2. The molecule has 0 saturated carbocycles. The maximum absolute atomic E-state index is 11.3. The summed E-state index contributed by atoms with van der Waals surface area (Å²) in [7, 11) is 0. The van der Waals surface area contributed by atoms with Crippen molar-refractivity contribution in [1.82, 2.24) is 9.88 Å². The highest BCUT2D eigenvalue weighted by atomic mass is 16.5. The van der Waals surface area contributed by atoms with Gasteiger partial charge in [0.05, 0.1) is 6.04 Å². The molecular formula is C28H26N2O3. The molecule has 1 atom stereocenters. The van der Waals surface area contributed by atoms with Gasteiger partial charge >= 0.3 is 5.97 Å². The molecule has 0 amide bonds. The van der Waals surface area contributed by atoms with Gasteiger partial charge in [-0.1, -0.05) is 72.8 Å². The van der Waals surface area contributed by atoms with Gasteiger partial charge in [-0.15, -0.1) is 0 Å². The quantitative estimate of drug-likeness (QED) is 0.262. The lowest BCUT2D eigenvalue weighted by Crippen LogP contribution is -2.23. The fourth-order valence-corrected chi connectivity index (χ4v) is 4.46. The number of rotatable bonds is 6. The normalized spacial score (nSPS) is 16.1. The van der Waals surface area contributed by atoms with Crippen LogP contribution in [0.1, 0.15) is 37.3 Å². The van der Waals surface area contributed by atoms with Crippen LogP contribution in [0.5, 0.6) is 5.75 Å². The summed E-state index contributed by atoms with van der Waals surface area (Å²) in [5.41, 5.74) is 4.04. The number of oxazole rings is 1. The van der Waals surface area contributed by atoms with E-state index in [0.717, 1.165) is 60.0 Å². The molecule has 0 bridgehead atoms. The van der Waals surface area contributed by atoms with Gasteiger partial charge in [0.25, 0.3) is 0 Å². The van der Waals surface area contributed by atoms with Crippen molar-refractivity contribution in [1.29, 1.82) is 0 Å². The van der Waals surface area contributed by atoms with Gasteiger partial charge in [0.15, 0.2) is 5.76 Å². The van der Waals surface area contributed by atoms with E-state index in [1.807, 2.05) is 48.5 Å². The fourth-order valence-electron chi connectivity index (χ4n) is 4.46. The standard InChI is InChI=1S/C28H26N2O3/c1-20(31)32-24-15-8-10-21(18-24)19-30-17-9-16-25(30)28-29-26(22-11-4-2-5-12-22)27(33-28)23-13-6-3-7-14-23/h2-8,10-15,18,25H,9,16-17,19H2,1H3/t25-/m1/s1. The van der Waals surface area contributed by atoms with Crippen molar-refractivity contribution in [2.24, 2.45) is 0 Å². The molecule has 4 aromatic rings. The van der Waals surface area contributed by atoms with Crippen molar-refractivity contribution in [3.8, 4) is 28.3 Å². The Labute approximate surface area is 193 Å². The monoisotopic (exact) mass is 438 g/mol. The molecule has 1 aromatic heterocycles. The molecule has 33 heavy (non-hydrogen) atoms. The number of hydrogen-bond acceptors (Lipinski definition) is 5. The Kier molecular flexibility index (Phi) is 6.05. The predicted molar refractivity (Wildman–Crippen MR) is 128 cm³/mol. The van der Waals surface area contributed by atoms with Crippen LogP contribution in [0.2, 0.25) is 0 Å². The van der Waals surface area contributed by atoms with Crippen LogP contribution in [0.25, 0.3) is 22.6 Å². The summed E-state index contributed by atoms with van der Waals surface area (Å²) in [5.74, 6) is 1.82. The zero-order chi connectivity index (χ0) is 22.6. The highest BCUT2D eigenvalue weighted by Crippen LogP contribution is 2.39. The number of ether oxygens (including phenoxy) is 1. The molecule has 1 aliphatic heterocycles. The Balaban J connectivity index is 1.46. The first-order valence-corrected chi connectivity index (χ1v) is 11.3. The lowest BCUT2D eigenvalue weighted by Gasteiger charge is -2.22. The van der Waals surface area contributed by atoms with Crippen LogP contribution < -0.4 is 4.74 Å². The summed E-state index contributed by atoms with van der Waals surface area (Å²) < 4.78 is 11.7. The van der Waals surface area contributed by atoms with Gasteiger partial charge in [0.2, 0.25) is 5.89 Å². The lowest BCUT2D eigenvalue weighted by atomic mass is 10.1. The number of carbonyl (C=O) groups excluding carboxylic acids is 1. The maximum atomic E-state index is 11.3. The number of nitrogens with zero attached hydrogens (tertiary/aromatic N) is 2. The van der Waals surface area contributed by atoms with E-state index in [9.17, 15) is 4.79 Å². The predicted octanol–water partition coefficient (Wildman–Crippen LogP) is 6.27. The van der Waals surface area contributed by atoms with Gasteiger partial charge in [0.1, 0.15) is 11.4 Å². The molecule has 0 spiro atoms. The van der Waals surface area contributed by atoms with E-state index in [-0.39, 0.29) is 12.0 Å². The van der Waals surface area contributed by atoms with E-state index in [1.165, 1.54) is 6.92 Å². The molecule has 2 heterocycles. The van der Waals surface area contributed by atoms with Crippen LogP contribution in [0, 0.1) is 0 Å². The van der Waals surface area contributed by atoms with Gasteiger partial charge in [-0.3, -0.25) is 9.69 Å². The van der Waals surface area contributed by atoms with E-state index in [4.69, 9.17) is 14.1 Å². The smallest absolute Gasteiger partial charge is 0.308 e. The van der Waals surface area contributed by atoms with Crippen molar-refractivity contribution in [2.45, 2.75) is 32.4 Å². The van der Waals surface area contributed by atoms with Crippen LogP contribution in [0.15, 0.2) is 89.3 Å². The van der Waals surface area contributed by atoms with Crippen molar-refractivity contribution in [2.75, 3.05) is 6.54 Å². The maximum Gasteiger partial charge on any atom is 0.308 e. The minimum atomic E-state index is -0.312. The number of esters is 1. The summed E-state index contributed by atoms with van der Waals surface area (Å²) in [6.45, 7) is 3.12. The highest BCUT2D eigenvalue weighted by Gasteiger charge is 2.31. The van der Waals surface area contributed by atoms with Gasteiger partial charge in [-0.2, -0.15) is 0 Å². The first-order valence-electron chi connectivity index (χ1n) is 11.3. The van der Waals surface area contributed by atoms with Gasteiger partial charge in [-0.05, 0) is 37.1 Å². The fraction of sp³-hybridized carbons (Fsp3) is 0.214. The number of likely N-dealkylation sites (tertiary alicyclic amines) is 1. The third-order valence-electron chi connectivity index (χ3n) is 5.92. The molecule has 1 saturated heterocycles. The molecule has 5 rings (SSSR count). The second kappa shape index (κ2) is 9.43. The summed E-state index contributed by atoms with van der Waals surface area (Å²) >= 11 is 0. The summed E-state index contributed by atoms with van der Waals surface area (Å²) in [6.07, 6.45) is 2.07. The molecule has 5 heteroatoms. The van der Waals surface area contributed by atoms with E-state index in [1.54, 1.807) is 6.07 Å². The Bertz CT molecular complexity index is 1180. The van der Waals surface area contributed by atoms with Crippen LogP contribution in [0.4, 0.5) is 0 Å². The molecule has 166 valence electrons. The van der Waals surface area contributed by atoms with Gasteiger partial charge in [0, 0.05) is 24.6 Å². The van der Waals surface area contributed by atoms with Crippen LogP contribution in [-0.2, 0) is 11.3 Å². The molecule has 0 radical (unpaired) electrons. The van der Waals surface area contributed by atoms with Gasteiger partial charge < -0.3 is 9.15 Å². The molecule has 0 N–H and O–H groups in total. The highest BCUT2D eigenvalue weighted by molar-refractivity contribution is 5.76. The SMILES string of the molecule is CC(=O)Oc1cccc(CN2CCC[C@@H]2c2nc(-c3ccccc3)c(-c3ccccc3)o2)c1. The van der Waals surface area contributed by atoms with E-state index < -0.39 is 0 Å². The molecule has 3 aromatic carbocycles. The molecule has 1 fully saturated rings. The van der Waals surface area contributed by atoms with E-state index >= 15 is 0 Å². The van der Waals surface area contributed by atoms with Crippen LogP contribution in [0.3, 0.4) is 0 Å². The topological polar surface area (TPSA) is 55.6 Å². The Morgan fingerprint density at radius 1 is 1.00 bits per heavy atom. The minimum absolute atomic E-state index is 0.0994. The number of carbonyl (C=O) groups is 1. The third kappa shape index (κ3) is 4.73. The first-order chi connectivity index (χ1) is 16.2. The second-order valence-electron chi connectivity index (χ2n) is 8.33. The number of hydrogen-bond donors (Lipinski definition) is 0. The van der Waals surface area contributed by atoms with Gasteiger partial charge in [-0.25, -0.2) is 4.98 Å². The third-order valence-corrected chi connectivity index (χ3v) is 5.92. The van der Waals surface area contributed by atoms with E-state index in [0.29, 0.717) is 5.75 Å². The molecule has 0 aliphatic carbocycles. The largest absolute Gasteiger partial charge is 0.438 e. The zero-order valence-corrected chi connectivity index (χ0v) is 18.6. The molecule has 5 nitrogen and oxygen atoms in total. The van der Waals surface area contributed by atoms with Crippen LogP contribution in [-0.4, -0.2) is 22.4 Å². The molecule has 0 unspecified atom stereocenters. The minimum Gasteiger partial charge on any atom is -0.438 e. The van der Waals surface area contributed by atoms with Crippen molar-refractivity contribution in [3.05, 3.63) is 96.4 Å². The average molecular weight is 439 g/mol. The number of aromatic nitrogens is 1.